The van der Waals surface area contributed by atoms with Crippen molar-refractivity contribution < 1.29 is 4.74 Å². The minimum Gasteiger partial charge on any atom is -0.497 e. The van der Waals surface area contributed by atoms with E-state index in [1.165, 1.54) is 11.1 Å². The Morgan fingerprint density at radius 3 is 2.62 bits per heavy atom. The van der Waals surface area contributed by atoms with Gasteiger partial charge in [-0.2, -0.15) is 0 Å². The fraction of sp³-hybridized carbons (Fsp3) is 0.294. The summed E-state index contributed by atoms with van der Waals surface area (Å²) < 4.78 is 6.24. The summed E-state index contributed by atoms with van der Waals surface area (Å²) in [5.74, 6) is 0.865. The zero-order valence-corrected chi connectivity index (χ0v) is 14.5. The highest BCUT2D eigenvalue weighted by Crippen LogP contribution is 2.30. The van der Waals surface area contributed by atoms with Crippen molar-refractivity contribution in [2.75, 3.05) is 13.7 Å². The molecule has 112 valence electrons. The molecule has 0 aliphatic heterocycles. The Balaban J connectivity index is 2.38. The minimum absolute atomic E-state index is 0.119. The second-order valence-corrected chi connectivity index (χ2v) is 6.10. The molecular weight excluding hydrogens is 350 g/mol. The summed E-state index contributed by atoms with van der Waals surface area (Å²) in [4.78, 5) is 0. The summed E-state index contributed by atoms with van der Waals surface area (Å²) in [7, 11) is 1.69. The Hall–Kier alpha value is -1.03. The molecule has 2 aromatic carbocycles. The predicted octanol–water partition coefficient (Wildman–Crippen LogP) is 5.20. The number of benzene rings is 2. The van der Waals surface area contributed by atoms with Crippen molar-refractivity contribution in [1.82, 2.24) is 5.32 Å². The van der Waals surface area contributed by atoms with Gasteiger partial charge in [0.2, 0.25) is 0 Å². The van der Waals surface area contributed by atoms with Crippen LogP contribution in [0.15, 0.2) is 46.9 Å². The van der Waals surface area contributed by atoms with E-state index in [1.54, 1.807) is 7.11 Å². The van der Waals surface area contributed by atoms with E-state index in [-0.39, 0.29) is 6.04 Å². The highest BCUT2D eigenvalue weighted by Gasteiger charge is 2.15. The van der Waals surface area contributed by atoms with Crippen LogP contribution in [0.25, 0.3) is 0 Å². The summed E-state index contributed by atoms with van der Waals surface area (Å²) in [6.07, 6.45) is 1.08. The normalized spacial score (nSPS) is 12.2. The molecule has 0 amide bonds. The highest BCUT2D eigenvalue weighted by molar-refractivity contribution is 9.10. The molecule has 0 bridgehead atoms. The minimum atomic E-state index is 0.119. The summed E-state index contributed by atoms with van der Waals surface area (Å²) in [6.45, 7) is 3.11. The lowest BCUT2D eigenvalue weighted by Crippen LogP contribution is -2.23. The van der Waals surface area contributed by atoms with Crippen LogP contribution in [0.1, 0.15) is 30.5 Å². The quantitative estimate of drug-likeness (QED) is 0.756. The second kappa shape index (κ2) is 7.83. The van der Waals surface area contributed by atoms with E-state index in [1.807, 2.05) is 18.2 Å². The van der Waals surface area contributed by atoms with Crippen molar-refractivity contribution in [3.63, 3.8) is 0 Å². The van der Waals surface area contributed by atoms with Gasteiger partial charge in [-0.25, -0.2) is 0 Å². The molecule has 0 aliphatic rings. The zero-order valence-electron chi connectivity index (χ0n) is 12.2. The fourth-order valence-corrected chi connectivity index (χ4v) is 2.74. The van der Waals surface area contributed by atoms with Crippen molar-refractivity contribution in [3.8, 4) is 5.75 Å². The maximum atomic E-state index is 6.10. The Morgan fingerprint density at radius 2 is 1.95 bits per heavy atom. The molecule has 1 unspecified atom stereocenters. The molecule has 2 nitrogen and oxygen atoms in total. The van der Waals surface area contributed by atoms with Crippen LogP contribution < -0.4 is 10.1 Å². The number of hydrogen-bond acceptors (Lipinski definition) is 2. The van der Waals surface area contributed by atoms with Crippen LogP contribution in [0.5, 0.6) is 5.75 Å². The van der Waals surface area contributed by atoms with E-state index < -0.39 is 0 Å². The lowest BCUT2D eigenvalue weighted by molar-refractivity contribution is 0.413. The molecule has 0 saturated carbocycles. The van der Waals surface area contributed by atoms with Gasteiger partial charge >= 0.3 is 0 Å². The van der Waals surface area contributed by atoms with E-state index in [0.717, 1.165) is 28.2 Å². The maximum absolute atomic E-state index is 6.10. The van der Waals surface area contributed by atoms with E-state index in [4.69, 9.17) is 16.3 Å². The molecule has 0 spiro atoms. The van der Waals surface area contributed by atoms with Gasteiger partial charge in [0.05, 0.1) is 18.2 Å². The molecule has 2 rings (SSSR count). The Bertz CT molecular complexity index is 603. The first-order valence-corrected chi connectivity index (χ1v) is 8.15. The third-order valence-corrected chi connectivity index (χ3v) is 4.52. The molecule has 0 fully saturated rings. The first-order chi connectivity index (χ1) is 10.2. The first-order valence-electron chi connectivity index (χ1n) is 6.98. The fourth-order valence-electron chi connectivity index (χ4n) is 2.23. The van der Waals surface area contributed by atoms with Crippen molar-refractivity contribution in [1.29, 1.82) is 0 Å². The number of methoxy groups -OCH3 is 1. The van der Waals surface area contributed by atoms with Crippen molar-refractivity contribution in [3.05, 3.63) is 63.1 Å². The van der Waals surface area contributed by atoms with E-state index in [9.17, 15) is 0 Å². The van der Waals surface area contributed by atoms with Crippen LogP contribution in [0.3, 0.4) is 0 Å². The van der Waals surface area contributed by atoms with Gasteiger partial charge in [0.25, 0.3) is 0 Å². The van der Waals surface area contributed by atoms with E-state index >= 15 is 0 Å². The predicted molar refractivity (Wildman–Crippen MR) is 92.3 cm³/mol. The number of hydrogen-bond donors (Lipinski definition) is 1. The average molecular weight is 369 g/mol. The molecule has 0 heterocycles. The molecule has 0 aromatic heterocycles. The van der Waals surface area contributed by atoms with Crippen LogP contribution >= 0.6 is 27.5 Å². The van der Waals surface area contributed by atoms with Gasteiger partial charge in [-0.3, -0.25) is 0 Å². The van der Waals surface area contributed by atoms with Gasteiger partial charge in [0.1, 0.15) is 5.75 Å². The topological polar surface area (TPSA) is 21.3 Å². The largest absolute Gasteiger partial charge is 0.497 e. The van der Waals surface area contributed by atoms with Gasteiger partial charge in [-0.1, -0.05) is 36.7 Å². The molecule has 1 atom stereocenters. The lowest BCUT2D eigenvalue weighted by atomic mass is 9.98. The molecule has 4 heteroatoms. The van der Waals surface area contributed by atoms with Gasteiger partial charge in [-0.15, -0.1) is 0 Å². The molecule has 21 heavy (non-hydrogen) atoms. The molecule has 2 aromatic rings. The van der Waals surface area contributed by atoms with Crippen LogP contribution in [0, 0.1) is 0 Å². The molecule has 1 N–H and O–H groups in total. The van der Waals surface area contributed by atoms with Gasteiger partial charge in [0, 0.05) is 4.47 Å². The van der Waals surface area contributed by atoms with Crippen molar-refractivity contribution in [2.24, 2.45) is 0 Å². The number of ether oxygens (including phenoxy) is 1. The van der Waals surface area contributed by atoms with Crippen molar-refractivity contribution in [2.45, 2.75) is 19.4 Å². The second-order valence-electron chi connectivity index (χ2n) is 4.84. The Labute approximate surface area is 139 Å². The first kappa shape index (κ1) is 16.3. The number of rotatable bonds is 6. The summed E-state index contributed by atoms with van der Waals surface area (Å²) in [5.41, 5.74) is 2.35. The smallest absolute Gasteiger partial charge is 0.119 e. The Kier molecular flexibility index (Phi) is 6.09. The average Bonchev–Trinajstić information content (AvgIpc) is 2.51. The van der Waals surface area contributed by atoms with Gasteiger partial charge in [0.15, 0.2) is 0 Å². The standard InChI is InChI=1S/C17H19BrClNO/c1-3-9-20-17(12-5-4-6-14(10-12)21-2)13-7-8-16(19)15(18)11-13/h4-8,10-11,17,20H,3,9H2,1-2H3. The maximum Gasteiger partial charge on any atom is 0.119 e. The van der Waals surface area contributed by atoms with Crippen LogP contribution in [0.2, 0.25) is 5.02 Å². The summed E-state index contributed by atoms with van der Waals surface area (Å²) >= 11 is 9.59. The van der Waals surface area contributed by atoms with Gasteiger partial charge in [-0.05, 0) is 64.3 Å². The van der Waals surface area contributed by atoms with E-state index in [2.05, 4.69) is 52.4 Å². The molecule has 0 saturated heterocycles. The molecule has 0 aliphatic carbocycles. The third-order valence-electron chi connectivity index (χ3n) is 3.30. The monoisotopic (exact) mass is 367 g/mol. The van der Waals surface area contributed by atoms with Crippen LogP contribution in [0.4, 0.5) is 0 Å². The van der Waals surface area contributed by atoms with Crippen molar-refractivity contribution >= 4 is 27.5 Å². The van der Waals surface area contributed by atoms with Crippen LogP contribution in [-0.2, 0) is 0 Å². The Morgan fingerprint density at radius 1 is 1.19 bits per heavy atom. The third kappa shape index (κ3) is 4.22. The van der Waals surface area contributed by atoms with E-state index in [0.29, 0.717) is 0 Å². The number of halogens is 2. The number of nitrogens with one attached hydrogen (secondary N) is 1. The lowest BCUT2D eigenvalue weighted by Gasteiger charge is -2.20. The SMILES string of the molecule is CCCNC(c1cccc(OC)c1)c1ccc(Cl)c(Br)c1. The van der Waals surface area contributed by atoms with Crippen LogP contribution in [-0.4, -0.2) is 13.7 Å². The zero-order chi connectivity index (χ0) is 15.2. The summed E-state index contributed by atoms with van der Waals surface area (Å²) in [5, 5.41) is 4.30. The summed E-state index contributed by atoms with van der Waals surface area (Å²) in [6, 6.07) is 14.3. The molecular formula is C17H19BrClNO. The highest BCUT2D eigenvalue weighted by atomic mass is 79.9. The molecule has 0 radical (unpaired) electrons. The van der Waals surface area contributed by atoms with Gasteiger partial charge < -0.3 is 10.1 Å².